The summed E-state index contributed by atoms with van der Waals surface area (Å²) in [5, 5.41) is 0.847. The lowest BCUT2D eigenvalue weighted by atomic mass is 10.7. The normalized spacial score (nSPS) is 12.1. The highest BCUT2D eigenvalue weighted by atomic mass is 32.2. The third-order valence-corrected chi connectivity index (χ3v) is 1.06. The Morgan fingerprint density at radius 2 is 1.88 bits per heavy atom. The Kier molecular flexibility index (Phi) is 2.41. The van der Waals surface area contributed by atoms with Gasteiger partial charge in [0.1, 0.15) is 6.29 Å². The molecule has 0 aromatic rings. The summed E-state index contributed by atoms with van der Waals surface area (Å²) in [6.45, 7) is 0. The molecule has 0 atom stereocenters. The largest absolute Gasteiger partial charge is 0.299 e. The van der Waals surface area contributed by atoms with Gasteiger partial charge in [0.05, 0.1) is 0 Å². The maximum Gasteiger partial charge on any atom is 0.168 e. The van der Waals surface area contributed by atoms with E-state index in [0.29, 0.717) is 6.29 Å². The third kappa shape index (κ3) is 5.36. The molecule has 0 radical (unpaired) electrons. The molecule has 0 saturated heterocycles. The minimum absolute atomic E-state index is 0.418. The van der Waals surface area contributed by atoms with Crippen LogP contribution < -0.4 is 0 Å². The van der Waals surface area contributed by atoms with Gasteiger partial charge in [-0.15, -0.1) is 0 Å². The maximum atomic E-state index is 10.1. The van der Waals surface area contributed by atoms with Crippen LogP contribution in [0.5, 0.6) is 0 Å². The highest BCUT2D eigenvalue weighted by molar-refractivity contribution is 7.93. The zero-order valence-corrected chi connectivity index (χ0v) is 5.18. The van der Waals surface area contributed by atoms with Crippen molar-refractivity contribution in [1.82, 2.24) is 0 Å². The second kappa shape index (κ2) is 2.61. The minimum atomic E-state index is -3.10. The average Bonchev–Trinajstić information content (AvgIpc) is 1.59. The van der Waals surface area contributed by atoms with Gasteiger partial charge in [0.25, 0.3) is 0 Å². The van der Waals surface area contributed by atoms with Gasteiger partial charge in [-0.3, -0.25) is 4.79 Å². The monoisotopic (exact) mass is 134 g/mol. The van der Waals surface area contributed by atoms with Crippen LogP contribution >= 0.6 is 0 Å². The molecular weight excluding hydrogens is 128 g/mol. The average molecular weight is 134 g/mol. The van der Waals surface area contributed by atoms with Crippen LogP contribution in [0.15, 0.2) is 11.5 Å². The second-order valence-electron chi connectivity index (χ2n) is 1.29. The van der Waals surface area contributed by atoms with Crippen molar-refractivity contribution in [2.24, 2.45) is 0 Å². The topological polar surface area (TPSA) is 51.2 Å². The predicted molar refractivity (Wildman–Crippen MR) is 30.0 cm³/mol. The van der Waals surface area contributed by atoms with Gasteiger partial charge in [-0.2, -0.15) is 0 Å². The molecule has 0 aromatic carbocycles. The van der Waals surface area contributed by atoms with Gasteiger partial charge in [0.15, 0.2) is 9.84 Å². The first-order chi connectivity index (χ1) is 3.56. The standard InChI is InChI=1S/C4H6O3S/c1-8(6,7)4-2-3-5/h2-4H,1H3/b4-2+. The van der Waals surface area contributed by atoms with E-state index in [4.69, 9.17) is 0 Å². The van der Waals surface area contributed by atoms with Crippen LogP contribution in [0.2, 0.25) is 0 Å². The summed E-state index contributed by atoms with van der Waals surface area (Å²) in [6.07, 6.45) is 2.38. The molecule has 0 amide bonds. The molecule has 0 rings (SSSR count). The van der Waals surface area contributed by atoms with Crippen LogP contribution in [0.4, 0.5) is 0 Å². The maximum absolute atomic E-state index is 10.1. The van der Waals surface area contributed by atoms with Crippen LogP contribution in [-0.4, -0.2) is 21.0 Å². The molecule has 0 aromatic heterocycles. The number of hydrogen-bond donors (Lipinski definition) is 0. The zero-order valence-electron chi connectivity index (χ0n) is 4.37. The second-order valence-corrected chi connectivity index (χ2v) is 3.23. The van der Waals surface area contributed by atoms with Crippen molar-refractivity contribution in [2.45, 2.75) is 0 Å². The molecule has 0 fully saturated rings. The van der Waals surface area contributed by atoms with Crippen LogP contribution in [-0.2, 0) is 14.6 Å². The quantitative estimate of drug-likeness (QED) is 0.386. The van der Waals surface area contributed by atoms with E-state index in [1.54, 1.807) is 0 Å². The molecule has 0 aliphatic rings. The first-order valence-corrected chi connectivity index (χ1v) is 3.83. The smallest absolute Gasteiger partial charge is 0.168 e. The molecule has 0 N–H and O–H groups in total. The molecule has 0 unspecified atom stereocenters. The molecule has 0 heterocycles. The van der Waals surface area contributed by atoms with Crippen molar-refractivity contribution >= 4 is 16.1 Å². The Morgan fingerprint density at radius 1 is 1.38 bits per heavy atom. The fourth-order valence-electron chi connectivity index (χ4n) is 0.175. The van der Waals surface area contributed by atoms with Crippen molar-refractivity contribution in [1.29, 1.82) is 0 Å². The Morgan fingerprint density at radius 3 is 2.00 bits per heavy atom. The number of carbonyl (C=O) groups is 1. The summed E-state index contributed by atoms with van der Waals surface area (Å²) in [5.41, 5.74) is 0. The summed E-state index contributed by atoms with van der Waals surface area (Å²) in [6, 6.07) is 0. The van der Waals surface area contributed by atoms with E-state index in [1.807, 2.05) is 0 Å². The highest BCUT2D eigenvalue weighted by Gasteiger charge is 1.88. The number of aldehydes is 1. The molecular formula is C4H6O3S. The molecule has 0 aliphatic heterocycles. The van der Waals surface area contributed by atoms with Crippen molar-refractivity contribution in [3.63, 3.8) is 0 Å². The number of sulfone groups is 1. The summed E-state index contributed by atoms with van der Waals surface area (Å²) < 4.78 is 20.3. The van der Waals surface area contributed by atoms with Gasteiger partial charge in [-0.1, -0.05) is 0 Å². The molecule has 0 spiro atoms. The number of hydrogen-bond acceptors (Lipinski definition) is 3. The van der Waals surface area contributed by atoms with Crippen molar-refractivity contribution in [2.75, 3.05) is 6.26 Å². The first-order valence-electron chi connectivity index (χ1n) is 1.88. The van der Waals surface area contributed by atoms with E-state index in [9.17, 15) is 13.2 Å². The highest BCUT2D eigenvalue weighted by Crippen LogP contribution is 1.81. The lowest BCUT2D eigenvalue weighted by Crippen LogP contribution is -1.87. The molecule has 3 nitrogen and oxygen atoms in total. The number of carbonyl (C=O) groups excluding carboxylic acids is 1. The van der Waals surface area contributed by atoms with Gasteiger partial charge >= 0.3 is 0 Å². The Labute approximate surface area is 47.9 Å². The van der Waals surface area contributed by atoms with Crippen LogP contribution in [0.25, 0.3) is 0 Å². The van der Waals surface area contributed by atoms with Crippen molar-refractivity contribution in [3.05, 3.63) is 11.5 Å². The van der Waals surface area contributed by atoms with Crippen LogP contribution in [0.3, 0.4) is 0 Å². The van der Waals surface area contributed by atoms with E-state index in [2.05, 4.69) is 0 Å². The Bertz CT molecular complexity index is 187. The van der Waals surface area contributed by atoms with Gasteiger partial charge in [-0.25, -0.2) is 8.42 Å². The van der Waals surface area contributed by atoms with E-state index >= 15 is 0 Å². The summed E-state index contributed by atoms with van der Waals surface area (Å²) in [4.78, 5) is 9.50. The van der Waals surface area contributed by atoms with Crippen molar-refractivity contribution in [3.8, 4) is 0 Å². The molecule has 8 heavy (non-hydrogen) atoms. The molecule has 0 saturated carbocycles. The summed E-state index contributed by atoms with van der Waals surface area (Å²) in [5.74, 6) is 0. The zero-order chi connectivity index (χ0) is 6.62. The summed E-state index contributed by atoms with van der Waals surface area (Å²) in [7, 11) is -3.10. The van der Waals surface area contributed by atoms with E-state index in [-0.39, 0.29) is 0 Å². The first kappa shape index (κ1) is 7.36. The Hall–Kier alpha value is -0.640. The van der Waals surface area contributed by atoms with Gasteiger partial charge in [-0.05, 0) is 6.08 Å². The van der Waals surface area contributed by atoms with Gasteiger partial charge in [0.2, 0.25) is 0 Å². The predicted octanol–water partition coefficient (Wildman–Crippen LogP) is -0.256. The fourth-order valence-corrected chi connectivity index (χ4v) is 0.524. The lowest BCUT2D eigenvalue weighted by Gasteiger charge is -1.77. The molecule has 4 heteroatoms. The molecule has 46 valence electrons. The number of rotatable bonds is 2. The Balaban J connectivity index is 4.12. The van der Waals surface area contributed by atoms with E-state index in [1.165, 1.54) is 0 Å². The van der Waals surface area contributed by atoms with Gasteiger partial charge < -0.3 is 0 Å². The van der Waals surface area contributed by atoms with Crippen LogP contribution in [0, 0.1) is 0 Å². The third-order valence-electron chi connectivity index (χ3n) is 0.404. The minimum Gasteiger partial charge on any atom is -0.299 e. The number of allylic oxidation sites excluding steroid dienone is 1. The molecule has 0 bridgehead atoms. The summed E-state index contributed by atoms with van der Waals surface area (Å²) >= 11 is 0. The van der Waals surface area contributed by atoms with Gasteiger partial charge in [0, 0.05) is 11.7 Å². The van der Waals surface area contributed by atoms with E-state index in [0.717, 1.165) is 17.7 Å². The lowest BCUT2D eigenvalue weighted by molar-refractivity contribution is -0.104. The fraction of sp³-hybridized carbons (Fsp3) is 0.250. The SMILES string of the molecule is CS(=O)(=O)/C=C/C=O. The van der Waals surface area contributed by atoms with Crippen LogP contribution in [0.1, 0.15) is 0 Å². The van der Waals surface area contributed by atoms with E-state index < -0.39 is 9.84 Å². The van der Waals surface area contributed by atoms with Crippen molar-refractivity contribution < 1.29 is 13.2 Å². The molecule has 0 aliphatic carbocycles.